The van der Waals surface area contributed by atoms with Crippen LogP contribution in [0.5, 0.6) is 11.5 Å². The van der Waals surface area contributed by atoms with E-state index in [-0.39, 0.29) is 11.7 Å². The zero-order valence-corrected chi connectivity index (χ0v) is 16.3. The third kappa shape index (κ3) is 5.25. The Morgan fingerprint density at radius 1 is 0.966 bits per heavy atom. The molecule has 0 aliphatic heterocycles. The summed E-state index contributed by atoms with van der Waals surface area (Å²) in [5.41, 5.74) is 2.01. The molecule has 3 rings (SSSR count). The van der Waals surface area contributed by atoms with Crippen molar-refractivity contribution in [1.82, 2.24) is 0 Å². The summed E-state index contributed by atoms with van der Waals surface area (Å²) >= 11 is 0. The van der Waals surface area contributed by atoms with Gasteiger partial charge in [0.25, 0.3) is 5.91 Å². The van der Waals surface area contributed by atoms with Gasteiger partial charge >= 0.3 is 0 Å². The summed E-state index contributed by atoms with van der Waals surface area (Å²) in [5, 5.41) is 6.07. The quantitative estimate of drug-likeness (QED) is 0.563. The van der Waals surface area contributed by atoms with E-state index in [4.69, 9.17) is 9.47 Å². The van der Waals surface area contributed by atoms with Crippen LogP contribution in [-0.2, 0) is 4.79 Å². The molecule has 3 aromatic carbocycles. The summed E-state index contributed by atoms with van der Waals surface area (Å²) in [4.78, 5) is 13.0. The topological polar surface area (TPSA) is 59.6 Å². The number of methoxy groups -OCH3 is 1. The zero-order valence-electron chi connectivity index (χ0n) is 16.3. The van der Waals surface area contributed by atoms with Gasteiger partial charge in [-0.1, -0.05) is 30.3 Å². The smallest absolute Gasteiger partial charge is 0.251 e. The van der Waals surface area contributed by atoms with Crippen molar-refractivity contribution < 1.29 is 18.7 Å². The highest BCUT2D eigenvalue weighted by Gasteiger charge is 2.21. The number of carbonyl (C=O) groups is 1. The fraction of sp³-hybridized carbons (Fsp3) is 0.174. The Bertz CT molecular complexity index is 946. The van der Waals surface area contributed by atoms with Crippen LogP contribution in [0.2, 0.25) is 0 Å². The molecular formula is C23H23FN2O3. The molecule has 0 heterocycles. The highest BCUT2D eigenvalue weighted by atomic mass is 19.1. The van der Waals surface area contributed by atoms with Crippen LogP contribution in [0.3, 0.4) is 0 Å². The van der Waals surface area contributed by atoms with Gasteiger partial charge in [-0.3, -0.25) is 4.79 Å². The molecule has 0 aliphatic carbocycles. The van der Waals surface area contributed by atoms with E-state index in [9.17, 15) is 9.18 Å². The van der Waals surface area contributed by atoms with Crippen molar-refractivity contribution >= 4 is 17.3 Å². The van der Waals surface area contributed by atoms with Crippen molar-refractivity contribution in [2.24, 2.45) is 0 Å². The molecule has 3 aromatic rings. The van der Waals surface area contributed by atoms with Gasteiger partial charge in [0.2, 0.25) is 0 Å². The van der Waals surface area contributed by atoms with Crippen LogP contribution in [0.25, 0.3) is 0 Å². The van der Waals surface area contributed by atoms with E-state index in [0.29, 0.717) is 29.5 Å². The Hall–Kier alpha value is -3.54. The first-order valence-corrected chi connectivity index (χ1v) is 9.29. The highest BCUT2D eigenvalue weighted by molar-refractivity contribution is 5.97. The van der Waals surface area contributed by atoms with Crippen molar-refractivity contribution in [1.29, 1.82) is 0 Å². The molecule has 29 heavy (non-hydrogen) atoms. The van der Waals surface area contributed by atoms with E-state index in [0.717, 1.165) is 5.56 Å². The van der Waals surface area contributed by atoms with E-state index in [1.807, 2.05) is 43.3 Å². The summed E-state index contributed by atoms with van der Waals surface area (Å²) in [6.07, 6.45) is 0. The molecule has 0 saturated heterocycles. The second-order valence-electron chi connectivity index (χ2n) is 6.28. The maximum Gasteiger partial charge on any atom is 0.251 e. The number of amides is 1. The lowest BCUT2D eigenvalue weighted by Crippen LogP contribution is -2.27. The number of ether oxygens (including phenoxy) is 2. The first-order chi connectivity index (χ1) is 14.1. The average molecular weight is 394 g/mol. The van der Waals surface area contributed by atoms with E-state index in [2.05, 4.69) is 10.6 Å². The van der Waals surface area contributed by atoms with Crippen molar-refractivity contribution in [3.63, 3.8) is 0 Å². The van der Waals surface area contributed by atoms with Crippen LogP contribution in [0, 0.1) is 5.82 Å². The second-order valence-corrected chi connectivity index (χ2v) is 6.28. The van der Waals surface area contributed by atoms with Crippen LogP contribution in [0.1, 0.15) is 18.5 Å². The Balaban J connectivity index is 1.86. The van der Waals surface area contributed by atoms with Crippen molar-refractivity contribution in [3.05, 3.63) is 84.2 Å². The Labute approximate surface area is 169 Å². The van der Waals surface area contributed by atoms with Crippen LogP contribution in [-0.4, -0.2) is 19.6 Å². The van der Waals surface area contributed by atoms with Crippen molar-refractivity contribution in [3.8, 4) is 11.5 Å². The Kier molecular flexibility index (Phi) is 6.68. The van der Waals surface area contributed by atoms with E-state index >= 15 is 0 Å². The normalized spacial score (nSPS) is 11.4. The number of carbonyl (C=O) groups excluding carboxylic acids is 1. The molecule has 0 spiro atoms. The lowest BCUT2D eigenvalue weighted by molar-refractivity contribution is -0.117. The number of hydrogen-bond acceptors (Lipinski definition) is 4. The molecule has 0 aromatic heterocycles. The number of rotatable bonds is 8. The summed E-state index contributed by atoms with van der Waals surface area (Å²) in [6.45, 7) is 2.42. The molecule has 1 atom stereocenters. The van der Waals surface area contributed by atoms with Gasteiger partial charge in [0.1, 0.15) is 11.9 Å². The predicted molar refractivity (Wildman–Crippen MR) is 112 cm³/mol. The lowest BCUT2D eigenvalue weighted by atomic mass is 10.1. The SMILES string of the molecule is CCOc1ccc(N[C@@H](C(=O)Nc2ccc(F)cc2)c2ccccc2)cc1OC. The van der Waals surface area contributed by atoms with E-state index in [1.54, 1.807) is 19.2 Å². The van der Waals surface area contributed by atoms with Gasteiger partial charge in [-0.05, 0) is 48.9 Å². The van der Waals surface area contributed by atoms with Gasteiger partial charge in [-0.25, -0.2) is 4.39 Å². The molecular weight excluding hydrogens is 371 g/mol. The molecule has 0 aliphatic rings. The van der Waals surface area contributed by atoms with E-state index < -0.39 is 6.04 Å². The third-order valence-corrected chi connectivity index (χ3v) is 4.28. The minimum atomic E-state index is -0.663. The molecule has 5 nitrogen and oxygen atoms in total. The standard InChI is InChI=1S/C23H23FN2O3/c1-3-29-20-14-13-19(15-21(20)28-2)25-22(16-7-5-4-6-8-16)23(27)26-18-11-9-17(24)10-12-18/h4-15,22,25H,3H2,1-2H3,(H,26,27)/t22-/m1/s1. The molecule has 0 saturated carbocycles. The number of anilines is 2. The van der Waals surface area contributed by atoms with Crippen molar-refractivity contribution in [2.75, 3.05) is 24.4 Å². The number of hydrogen-bond donors (Lipinski definition) is 2. The molecule has 1 amide bonds. The van der Waals surface area contributed by atoms with Gasteiger partial charge in [-0.2, -0.15) is 0 Å². The molecule has 0 fully saturated rings. The van der Waals surface area contributed by atoms with Gasteiger partial charge < -0.3 is 20.1 Å². The van der Waals surface area contributed by atoms with Gasteiger partial charge in [-0.15, -0.1) is 0 Å². The fourth-order valence-electron chi connectivity index (χ4n) is 2.89. The molecule has 0 radical (unpaired) electrons. The maximum absolute atomic E-state index is 13.1. The van der Waals surface area contributed by atoms with Crippen LogP contribution in [0.15, 0.2) is 72.8 Å². The van der Waals surface area contributed by atoms with Gasteiger partial charge in [0.05, 0.1) is 13.7 Å². The second kappa shape index (κ2) is 9.59. The van der Waals surface area contributed by atoms with E-state index in [1.165, 1.54) is 24.3 Å². The fourth-order valence-corrected chi connectivity index (χ4v) is 2.89. The number of nitrogens with one attached hydrogen (secondary N) is 2. The molecule has 6 heteroatoms. The van der Waals surface area contributed by atoms with Crippen LogP contribution in [0.4, 0.5) is 15.8 Å². The predicted octanol–water partition coefficient (Wildman–Crippen LogP) is 5.02. The van der Waals surface area contributed by atoms with Gasteiger partial charge in [0, 0.05) is 17.4 Å². The van der Waals surface area contributed by atoms with Crippen LogP contribution < -0.4 is 20.1 Å². The first kappa shape index (κ1) is 20.2. The first-order valence-electron chi connectivity index (χ1n) is 9.29. The largest absolute Gasteiger partial charge is 0.493 e. The summed E-state index contributed by atoms with van der Waals surface area (Å²) in [7, 11) is 1.57. The summed E-state index contributed by atoms with van der Waals surface area (Å²) in [5.74, 6) is 0.577. The molecule has 2 N–H and O–H groups in total. The molecule has 0 unspecified atom stereocenters. The van der Waals surface area contributed by atoms with Gasteiger partial charge in [0.15, 0.2) is 11.5 Å². The maximum atomic E-state index is 13.1. The minimum absolute atomic E-state index is 0.268. The lowest BCUT2D eigenvalue weighted by Gasteiger charge is -2.21. The Morgan fingerprint density at radius 2 is 1.66 bits per heavy atom. The highest BCUT2D eigenvalue weighted by Crippen LogP contribution is 2.32. The molecule has 150 valence electrons. The number of benzene rings is 3. The monoisotopic (exact) mass is 394 g/mol. The number of halogens is 1. The summed E-state index contributed by atoms with van der Waals surface area (Å²) in [6, 6.07) is 19.8. The zero-order chi connectivity index (χ0) is 20.6. The Morgan fingerprint density at radius 3 is 2.31 bits per heavy atom. The third-order valence-electron chi connectivity index (χ3n) is 4.28. The minimum Gasteiger partial charge on any atom is -0.493 e. The van der Waals surface area contributed by atoms with Crippen molar-refractivity contribution in [2.45, 2.75) is 13.0 Å². The average Bonchev–Trinajstić information content (AvgIpc) is 2.75. The molecule has 0 bridgehead atoms. The van der Waals surface area contributed by atoms with Crippen LogP contribution >= 0.6 is 0 Å². The summed E-state index contributed by atoms with van der Waals surface area (Å²) < 4.78 is 24.1.